The summed E-state index contributed by atoms with van der Waals surface area (Å²) in [6.07, 6.45) is 0. The molecule has 0 aliphatic carbocycles. The molecule has 0 unspecified atom stereocenters. The highest BCUT2D eigenvalue weighted by Crippen LogP contribution is 2.37. The monoisotopic (exact) mass is 466 g/mol. The van der Waals surface area contributed by atoms with E-state index in [4.69, 9.17) is 15.9 Å². The van der Waals surface area contributed by atoms with Gasteiger partial charge >= 0.3 is 0 Å². The molecule has 3 rings (SSSR count). The van der Waals surface area contributed by atoms with Gasteiger partial charge in [-0.05, 0) is 58.0 Å². The summed E-state index contributed by atoms with van der Waals surface area (Å²) in [5.41, 5.74) is 14.0. The van der Waals surface area contributed by atoms with Crippen molar-refractivity contribution in [2.24, 2.45) is 21.5 Å². The van der Waals surface area contributed by atoms with E-state index in [1.54, 1.807) is 30.3 Å². The van der Waals surface area contributed by atoms with Gasteiger partial charge in [0, 0.05) is 28.6 Å². The van der Waals surface area contributed by atoms with Gasteiger partial charge in [0.25, 0.3) is 0 Å². The van der Waals surface area contributed by atoms with Gasteiger partial charge in [0.15, 0.2) is 11.3 Å². The van der Waals surface area contributed by atoms with Crippen LogP contribution >= 0.6 is 24.8 Å². The highest BCUT2D eigenvalue weighted by molar-refractivity contribution is 6.03. The number of rotatable bonds is 5. The summed E-state index contributed by atoms with van der Waals surface area (Å²) >= 11 is 0. The quantitative estimate of drug-likeness (QED) is 0.322. The van der Waals surface area contributed by atoms with Gasteiger partial charge in [-0.2, -0.15) is 0 Å². The molecule has 7 nitrogen and oxygen atoms in total. The molecule has 0 fully saturated rings. The van der Waals surface area contributed by atoms with Gasteiger partial charge in [0.05, 0.1) is 5.56 Å². The van der Waals surface area contributed by atoms with Crippen molar-refractivity contribution in [3.8, 4) is 22.8 Å². The SMILES string of the molecule is CC(C)N=C(N)c1ccc(-c2cc3cc(C(N)=NC(C)C)cc(O)c3o2)c(O)c1.Cl.Cl. The summed E-state index contributed by atoms with van der Waals surface area (Å²) in [4.78, 5) is 8.60. The number of phenols is 2. The zero-order chi connectivity index (χ0) is 21.3. The Morgan fingerprint density at radius 1 is 0.806 bits per heavy atom. The van der Waals surface area contributed by atoms with Crippen LogP contribution < -0.4 is 11.5 Å². The van der Waals surface area contributed by atoms with Gasteiger partial charge < -0.3 is 26.1 Å². The average molecular weight is 467 g/mol. The highest BCUT2D eigenvalue weighted by Gasteiger charge is 2.16. The molecule has 0 aliphatic heterocycles. The van der Waals surface area contributed by atoms with E-state index < -0.39 is 0 Å². The van der Waals surface area contributed by atoms with Crippen molar-refractivity contribution in [1.29, 1.82) is 0 Å². The highest BCUT2D eigenvalue weighted by atomic mass is 35.5. The minimum absolute atomic E-state index is 0. The summed E-state index contributed by atoms with van der Waals surface area (Å²) in [6, 6.07) is 10.2. The van der Waals surface area contributed by atoms with Crippen LogP contribution in [-0.4, -0.2) is 34.0 Å². The molecule has 0 spiro atoms. The van der Waals surface area contributed by atoms with E-state index in [1.807, 2.05) is 27.7 Å². The Labute approximate surface area is 193 Å². The number of phenolic OH excluding ortho intramolecular Hbond substituents is 2. The third-order valence-electron chi connectivity index (χ3n) is 4.25. The summed E-state index contributed by atoms with van der Waals surface area (Å²) < 4.78 is 5.79. The number of aliphatic imine (C=N–C) groups is 2. The molecule has 0 saturated heterocycles. The molecule has 3 aromatic rings. The lowest BCUT2D eigenvalue weighted by Gasteiger charge is -2.06. The number of benzene rings is 2. The molecule has 6 N–H and O–H groups in total. The van der Waals surface area contributed by atoms with Gasteiger partial charge in [0.2, 0.25) is 0 Å². The van der Waals surface area contributed by atoms with Gasteiger partial charge in [-0.15, -0.1) is 24.8 Å². The number of amidine groups is 2. The van der Waals surface area contributed by atoms with Crippen molar-refractivity contribution in [2.75, 3.05) is 0 Å². The van der Waals surface area contributed by atoms with Crippen molar-refractivity contribution >= 4 is 47.5 Å². The number of hydrogen-bond donors (Lipinski definition) is 4. The smallest absolute Gasteiger partial charge is 0.176 e. The van der Waals surface area contributed by atoms with Gasteiger partial charge in [0.1, 0.15) is 23.2 Å². The second kappa shape index (κ2) is 10.4. The Hall–Kier alpha value is -2.90. The fraction of sp³-hybridized carbons (Fsp3) is 0.273. The van der Waals surface area contributed by atoms with Crippen molar-refractivity contribution in [1.82, 2.24) is 0 Å². The van der Waals surface area contributed by atoms with Crippen LogP contribution in [0.3, 0.4) is 0 Å². The van der Waals surface area contributed by atoms with Crippen LogP contribution in [0.25, 0.3) is 22.3 Å². The molecule has 0 radical (unpaired) electrons. The average Bonchev–Trinajstić information content (AvgIpc) is 3.04. The maximum Gasteiger partial charge on any atom is 0.176 e. The Morgan fingerprint density at radius 2 is 1.35 bits per heavy atom. The number of halogens is 2. The van der Waals surface area contributed by atoms with E-state index in [1.165, 1.54) is 6.07 Å². The molecule has 0 atom stereocenters. The number of aromatic hydroxyl groups is 2. The van der Waals surface area contributed by atoms with E-state index >= 15 is 0 Å². The minimum atomic E-state index is -0.0462. The van der Waals surface area contributed by atoms with Gasteiger partial charge in [-0.25, -0.2) is 0 Å². The van der Waals surface area contributed by atoms with Crippen LogP contribution in [0.5, 0.6) is 11.5 Å². The van der Waals surface area contributed by atoms with Crippen LogP contribution in [0.2, 0.25) is 0 Å². The molecule has 168 valence electrons. The number of fused-ring (bicyclic) bond motifs is 1. The fourth-order valence-corrected chi connectivity index (χ4v) is 3.02. The number of hydrogen-bond acceptors (Lipinski definition) is 5. The van der Waals surface area contributed by atoms with Crippen LogP contribution in [0.15, 0.2) is 50.8 Å². The van der Waals surface area contributed by atoms with Crippen LogP contribution in [0.4, 0.5) is 0 Å². The first kappa shape index (κ1) is 26.1. The molecular weight excluding hydrogens is 439 g/mol. The molecule has 2 aromatic carbocycles. The molecule has 9 heteroatoms. The molecule has 0 aliphatic rings. The summed E-state index contributed by atoms with van der Waals surface area (Å²) in [5.74, 6) is 1.06. The first-order valence-corrected chi connectivity index (χ1v) is 9.43. The number of furan rings is 1. The van der Waals surface area contributed by atoms with E-state index in [2.05, 4.69) is 9.98 Å². The van der Waals surface area contributed by atoms with Crippen molar-refractivity contribution in [2.45, 2.75) is 39.8 Å². The second-order valence-electron chi connectivity index (χ2n) is 7.47. The lowest BCUT2D eigenvalue weighted by atomic mass is 10.1. The molecule has 0 amide bonds. The van der Waals surface area contributed by atoms with E-state index in [0.717, 1.165) is 0 Å². The Balaban J connectivity index is 0.00000240. The number of nitrogens with zero attached hydrogens (tertiary/aromatic N) is 2. The molecule has 31 heavy (non-hydrogen) atoms. The predicted octanol–water partition coefficient (Wildman–Crippen LogP) is 4.58. The normalized spacial score (nSPS) is 12.2. The van der Waals surface area contributed by atoms with E-state index in [-0.39, 0.29) is 48.4 Å². The molecular formula is C22H28Cl2N4O3. The van der Waals surface area contributed by atoms with Crippen LogP contribution in [0.1, 0.15) is 38.8 Å². The topological polar surface area (TPSA) is 130 Å². The molecule has 0 saturated carbocycles. The van der Waals surface area contributed by atoms with Crippen molar-refractivity contribution in [3.63, 3.8) is 0 Å². The third-order valence-corrected chi connectivity index (χ3v) is 4.25. The van der Waals surface area contributed by atoms with Crippen LogP contribution in [-0.2, 0) is 0 Å². The Bertz CT molecular complexity index is 1120. The first-order valence-electron chi connectivity index (χ1n) is 9.43. The van der Waals surface area contributed by atoms with Gasteiger partial charge in [-0.3, -0.25) is 9.98 Å². The molecule has 0 bridgehead atoms. The second-order valence-corrected chi connectivity index (χ2v) is 7.47. The summed E-state index contributed by atoms with van der Waals surface area (Å²) in [5, 5.41) is 21.5. The largest absolute Gasteiger partial charge is 0.507 e. The molecule has 1 heterocycles. The zero-order valence-electron chi connectivity index (χ0n) is 17.8. The predicted molar refractivity (Wildman–Crippen MR) is 131 cm³/mol. The van der Waals surface area contributed by atoms with Gasteiger partial charge in [-0.1, -0.05) is 6.07 Å². The summed E-state index contributed by atoms with van der Waals surface area (Å²) in [7, 11) is 0. The van der Waals surface area contributed by atoms with Crippen LogP contribution in [0, 0.1) is 0 Å². The minimum Gasteiger partial charge on any atom is -0.507 e. The first-order chi connectivity index (χ1) is 13.7. The lowest BCUT2D eigenvalue weighted by Crippen LogP contribution is -2.15. The maximum absolute atomic E-state index is 10.5. The maximum atomic E-state index is 10.5. The van der Waals surface area contributed by atoms with Crippen molar-refractivity contribution in [3.05, 3.63) is 47.5 Å². The zero-order valence-corrected chi connectivity index (χ0v) is 19.4. The number of nitrogens with two attached hydrogens (primary N) is 2. The molecule has 1 aromatic heterocycles. The summed E-state index contributed by atoms with van der Waals surface area (Å²) in [6.45, 7) is 7.70. The Morgan fingerprint density at radius 3 is 1.90 bits per heavy atom. The standard InChI is InChI=1S/C22H26N4O3.2ClH/c1-11(2)25-21(23)13-5-6-16(17(27)8-13)19-10-14-7-15(22(24)26-12(3)4)9-18(28)20(14)29-19;;/h5-12,27-28H,1-4H3,(H2,23,25)(H2,24,26);2*1H. The Kier molecular flexibility index (Phi) is 8.78. The van der Waals surface area contributed by atoms with E-state index in [0.29, 0.717) is 45.1 Å². The fourth-order valence-electron chi connectivity index (χ4n) is 3.02. The lowest BCUT2D eigenvalue weighted by molar-refractivity contribution is 0.463. The van der Waals surface area contributed by atoms with Crippen molar-refractivity contribution < 1.29 is 14.6 Å². The van der Waals surface area contributed by atoms with E-state index in [9.17, 15) is 10.2 Å². The third kappa shape index (κ3) is 5.83.